The number of carbonyl (C=O) groups is 1. The zero-order valence-electron chi connectivity index (χ0n) is 9.51. The van der Waals surface area contributed by atoms with Gasteiger partial charge in [0.1, 0.15) is 0 Å². The van der Waals surface area contributed by atoms with Crippen molar-refractivity contribution in [2.75, 3.05) is 6.54 Å². The molecule has 0 fully saturated rings. The molecule has 0 bridgehead atoms. The number of amides is 1. The summed E-state index contributed by atoms with van der Waals surface area (Å²) < 4.78 is 37.3. The lowest BCUT2D eigenvalue weighted by atomic mass is 10.1. The van der Waals surface area contributed by atoms with Crippen LogP contribution in [0.25, 0.3) is 0 Å². The van der Waals surface area contributed by atoms with Crippen LogP contribution in [-0.2, 0) is 4.79 Å². The number of hydrogen-bond donors (Lipinski definition) is 0. The number of halogens is 3. The molecule has 0 saturated heterocycles. The minimum Gasteiger partial charge on any atom is -0.272 e. The number of rotatable bonds is 3. The largest absolute Gasteiger partial charge is 0.431 e. The predicted octanol–water partition coefficient (Wildman–Crippen LogP) is 2.43. The Labute approximate surface area is 92.3 Å². The van der Waals surface area contributed by atoms with Gasteiger partial charge in [-0.05, 0) is 19.3 Å². The average molecular weight is 236 g/mol. The van der Waals surface area contributed by atoms with Crippen molar-refractivity contribution < 1.29 is 18.0 Å². The van der Waals surface area contributed by atoms with Crippen LogP contribution in [-0.4, -0.2) is 29.3 Å². The maximum Gasteiger partial charge on any atom is 0.431 e. The molecule has 3 nitrogen and oxygen atoms in total. The first kappa shape index (κ1) is 13.0. The van der Waals surface area contributed by atoms with Gasteiger partial charge < -0.3 is 0 Å². The molecule has 0 radical (unpaired) electrons. The van der Waals surface area contributed by atoms with E-state index in [0.717, 1.165) is 5.01 Å². The first-order valence-electron chi connectivity index (χ1n) is 5.20. The Hall–Kier alpha value is -1.07. The van der Waals surface area contributed by atoms with Crippen LogP contribution >= 0.6 is 0 Å². The number of alkyl halides is 3. The van der Waals surface area contributed by atoms with Crippen molar-refractivity contribution in [1.29, 1.82) is 0 Å². The lowest BCUT2D eigenvalue weighted by Crippen LogP contribution is -2.31. The maximum absolute atomic E-state index is 12.4. The Morgan fingerprint density at radius 3 is 2.38 bits per heavy atom. The SMILES string of the molecule is CC(C)CCN1N=C(C(F)(F)F)C(C)C1=O. The number of hydrogen-bond acceptors (Lipinski definition) is 2. The van der Waals surface area contributed by atoms with E-state index in [-0.39, 0.29) is 6.54 Å². The van der Waals surface area contributed by atoms with Gasteiger partial charge in [-0.3, -0.25) is 4.79 Å². The molecule has 92 valence electrons. The van der Waals surface area contributed by atoms with E-state index in [2.05, 4.69) is 5.10 Å². The summed E-state index contributed by atoms with van der Waals surface area (Å²) in [6.45, 7) is 5.38. The molecule has 1 aliphatic rings. The van der Waals surface area contributed by atoms with Crippen LogP contribution in [0, 0.1) is 11.8 Å². The van der Waals surface area contributed by atoms with Crippen LogP contribution in [0.3, 0.4) is 0 Å². The molecule has 0 aliphatic carbocycles. The Kier molecular flexibility index (Phi) is 3.60. The molecule has 1 heterocycles. The third-order valence-corrected chi connectivity index (χ3v) is 2.47. The number of hydrazone groups is 1. The van der Waals surface area contributed by atoms with Gasteiger partial charge in [0.2, 0.25) is 0 Å². The Balaban J connectivity index is 2.75. The fourth-order valence-electron chi connectivity index (χ4n) is 1.45. The third kappa shape index (κ3) is 2.74. The molecule has 0 aromatic rings. The lowest BCUT2D eigenvalue weighted by Gasteiger charge is -2.13. The van der Waals surface area contributed by atoms with Gasteiger partial charge in [-0.25, -0.2) is 5.01 Å². The van der Waals surface area contributed by atoms with Crippen molar-refractivity contribution >= 4 is 11.6 Å². The fraction of sp³-hybridized carbons (Fsp3) is 0.800. The van der Waals surface area contributed by atoms with Crippen LogP contribution in [0.2, 0.25) is 0 Å². The first-order chi connectivity index (χ1) is 7.23. The molecule has 0 spiro atoms. The van der Waals surface area contributed by atoms with Gasteiger partial charge in [-0.2, -0.15) is 18.3 Å². The molecular weight excluding hydrogens is 221 g/mol. The highest BCUT2D eigenvalue weighted by molar-refractivity contribution is 6.10. The van der Waals surface area contributed by atoms with E-state index in [1.807, 2.05) is 13.8 Å². The van der Waals surface area contributed by atoms with Crippen LogP contribution in [0.5, 0.6) is 0 Å². The van der Waals surface area contributed by atoms with E-state index in [9.17, 15) is 18.0 Å². The number of nitrogens with zero attached hydrogens (tertiary/aromatic N) is 2. The predicted molar refractivity (Wildman–Crippen MR) is 53.8 cm³/mol. The molecule has 1 unspecified atom stereocenters. The minimum absolute atomic E-state index is 0.250. The average Bonchev–Trinajstić information content (AvgIpc) is 2.40. The normalized spacial score (nSPS) is 21.9. The van der Waals surface area contributed by atoms with Crippen molar-refractivity contribution in [3.8, 4) is 0 Å². The zero-order chi connectivity index (χ0) is 12.5. The molecule has 0 saturated carbocycles. The second-order valence-corrected chi connectivity index (χ2v) is 4.35. The summed E-state index contributed by atoms with van der Waals surface area (Å²) in [6, 6.07) is 0. The Bertz CT molecular complexity index is 310. The van der Waals surface area contributed by atoms with Crippen molar-refractivity contribution in [2.24, 2.45) is 16.9 Å². The molecule has 0 aromatic carbocycles. The van der Waals surface area contributed by atoms with E-state index in [1.54, 1.807) is 0 Å². The lowest BCUT2D eigenvalue weighted by molar-refractivity contribution is -0.131. The molecule has 1 amide bonds. The van der Waals surface area contributed by atoms with E-state index in [1.165, 1.54) is 6.92 Å². The van der Waals surface area contributed by atoms with E-state index < -0.39 is 23.7 Å². The molecular formula is C10H15F3N2O. The van der Waals surface area contributed by atoms with Crippen LogP contribution in [0.1, 0.15) is 27.2 Å². The highest BCUT2D eigenvalue weighted by Gasteiger charge is 2.47. The third-order valence-electron chi connectivity index (χ3n) is 2.47. The van der Waals surface area contributed by atoms with Crippen molar-refractivity contribution in [1.82, 2.24) is 5.01 Å². The van der Waals surface area contributed by atoms with Crippen LogP contribution in [0.15, 0.2) is 5.10 Å². The Morgan fingerprint density at radius 2 is 2.00 bits per heavy atom. The van der Waals surface area contributed by atoms with Gasteiger partial charge in [0.05, 0.1) is 5.92 Å². The Morgan fingerprint density at radius 1 is 1.44 bits per heavy atom. The summed E-state index contributed by atoms with van der Waals surface area (Å²) in [4.78, 5) is 11.5. The van der Waals surface area contributed by atoms with Crippen LogP contribution in [0.4, 0.5) is 13.2 Å². The molecule has 1 rings (SSSR count). The highest BCUT2D eigenvalue weighted by Crippen LogP contribution is 2.28. The maximum atomic E-state index is 12.4. The summed E-state index contributed by atoms with van der Waals surface area (Å²) in [5.74, 6) is -1.41. The second kappa shape index (κ2) is 4.43. The summed E-state index contributed by atoms with van der Waals surface area (Å²) in [5.41, 5.74) is -0.985. The van der Waals surface area contributed by atoms with Gasteiger partial charge in [0.15, 0.2) is 5.71 Å². The van der Waals surface area contributed by atoms with Gasteiger partial charge in [-0.15, -0.1) is 0 Å². The standard InChI is InChI=1S/C10H15F3N2O/c1-6(2)4-5-15-9(16)7(3)8(14-15)10(11,12)13/h6-7H,4-5H2,1-3H3. The summed E-state index contributed by atoms with van der Waals surface area (Å²) in [5, 5.41) is 4.31. The molecule has 6 heteroatoms. The van der Waals surface area contributed by atoms with Crippen molar-refractivity contribution in [3.05, 3.63) is 0 Å². The van der Waals surface area contributed by atoms with Gasteiger partial charge in [0.25, 0.3) is 5.91 Å². The molecule has 0 aromatic heterocycles. The minimum atomic E-state index is -4.51. The van der Waals surface area contributed by atoms with E-state index in [0.29, 0.717) is 12.3 Å². The molecule has 1 atom stereocenters. The van der Waals surface area contributed by atoms with Crippen LogP contribution < -0.4 is 0 Å². The van der Waals surface area contributed by atoms with Gasteiger partial charge in [-0.1, -0.05) is 13.8 Å². The summed E-state index contributed by atoms with van der Waals surface area (Å²) in [6.07, 6.45) is -3.87. The van der Waals surface area contributed by atoms with E-state index >= 15 is 0 Å². The topological polar surface area (TPSA) is 32.7 Å². The van der Waals surface area contributed by atoms with Crippen molar-refractivity contribution in [3.63, 3.8) is 0 Å². The quantitative estimate of drug-likeness (QED) is 0.740. The molecule has 1 aliphatic heterocycles. The fourth-order valence-corrected chi connectivity index (χ4v) is 1.45. The number of carbonyl (C=O) groups excluding carboxylic acids is 1. The summed E-state index contributed by atoms with van der Waals surface area (Å²) in [7, 11) is 0. The highest BCUT2D eigenvalue weighted by atomic mass is 19.4. The summed E-state index contributed by atoms with van der Waals surface area (Å²) >= 11 is 0. The molecule has 16 heavy (non-hydrogen) atoms. The van der Waals surface area contributed by atoms with E-state index in [4.69, 9.17) is 0 Å². The first-order valence-corrected chi connectivity index (χ1v) is 5.20. The molecule has 0 N–H and O–H groups in total. The zero-order valence-corrected chi connectivity index (χ0v) is 9.51. The monoisotopic (exact) mass is 236 g/mol. The second-order valence-electron chi connectivity index (χ2n) is 4.35. The van der Waals surface area contributed by atoms with Gasteiger partial charge in [0, 0.05) is 6.54 Å². The van der Waals surface area contributed by atoms with Gasteiger partial charge >= 0.3 is 6.18 Å². The smallest absolute Gasteiger partial charge is 0.272 e. The van der Waals surface area contributed by atoms with Crippen molar-refractivity contribution in [2.45, 2.75) is 33.4 Å².